The van der Waals surface area contributed by atoms with Crippen molar-refractivity contribution in [2.24, 2.45) is 0 Å². The first-order chi connectivity index (χ1) is 8.43. The van der Waals surface area contributed by atoms with E-state index in [1.54, 1.807) is 6.92 Å². The van der Waals surface area contributed by atoms with Gasteiger partial charge in [-0.2, -0.15) is 0 Å². The van der Waals surface area contributed by atoms with Gasteiger partial charge in [0.05, 0.1) is 24.2 Å². The molecule has 0 aromatic heterocycles. The summed E-state index contributed by atoms with van der Waals surface area (Å²) < 4.78 is 4.71. The molecule has 0 saturated heterocycles. The molecule has 1 aromatic carbocycles. The Balaban J connectivity index is 3.07. The fourth-order valence-electron chi connectivity index (χ4n) is 1.42. The predicted molar refractivity (Wildman–Crippen MR) is 60.7 cm³/mol. The van der Waals surface area contributed by atoms with Crippen molar-refractivity contribution in [3.05, 3.63) is 34.9 Å². The van der Waals surface area contributed by atoms with E-state index in [1.165, 1.54) is 12.1 Å². The molecule has 96 valence electrons. The zero-order valence-electron chi connectivity index (χ0n) is 9.67. The van der Waals surface area contributed by atoms with Gasteiger partial charge in [0.25, 0.3) is 0 Å². The van der Waals surface area contributed by atoms with Crippen LogP contribution in [0, 0.1) is 0 Å². The highest BCUT2D eigenvalue weighted by molar-refractivity contribution is 5.94. The quantitative estimate of drug-likeness (QED) is 0.763. The lowest BCUT2D eigenvalue weighted by Crippen LogP contribution is -2.10. The molecule has 6 heteroatoms. The molecule has 0 aliphatic carbocycles. The molecule has 1 aromatic rings. The number of carboxylic acid groups (broad SMARTS) is 2. The van der Waals surface area contributed by atoms with E-state index in [9.17, 15) is 14.4 Å². The summed E-state index contributed by atoms with van der Waals surface area (Å²) in [6, 6.07) is 3.55. The highest BCUT2D eigenvalue weighted by Gasteiger charge is 2.13. The summed E-state index contributed by atoms with van der Waals surface area (Å²) in [6.45, 7) is 1.86. The number of carbonyl (C=O) groups excluding carboxylic acids is 1. The van der Waals surface area contributed by atoms with Crippen molar-refractivity contribution in [3.63, 3.8) is 0 Å². The number of aromatic carboxylic acids is 2. The normalized spacial score (nSPS) is 9.83. The maximum atomic E-state index is 11.3. The molecule has 0 amide bonds. The van der Waals surface area contributed by atoms with Gasteiger partial charge in [-0.1, -0.05) is 0 Å². The molecule has 1 rings (SSSR count). The van der Waals surface area contributed by atoms with E-state index in [1.807, 2.05) is 0 Å². The van der Waals surface area contributed by atoms with Crippen molar-refractivity contribution in [2.75, 3.05) is 6.61 Å². The van der Waals surface area contributed by atoms with E-state index < -0.39 is 17.9 Å². The minimum Gasteiger partial charge on any atom is -0.478 e. The second-order valence-electron chi connectivity index (χ2n) is 3.51. The molecule has 0 heterocycles. The fourth-order valence-corrected chi connectivity index (χ4v) is 1.42. The molecule has 0 aliphatic heterocycles. The standard InChI is InChI=1S/C12H12O6/c1-2-18-10(13)5-7-3-8(11(14)15)6-9(4-7)12(16)17/h3-4,6H,2,5H2,1H3,(H,14,15)(H,16,17). The minimum absolute atomic E-state index is 0.157. The van der Waals surface area contributed by atoms with Crippen molar-refractivity contribution >= 4 is 17.9 Å². The average Bonchev–Trinajstić information content (AvgIpc) is 2.28. The Hall–Kier alpha value is -2.37. The Kier molecular flexibility index (Phi) is 4.42. The lowest BCUT2D eigenvalue weighted by molar-refractivity contribution is -0.142. The van der Waals surface area contributed by atoms with Gasteiger partial charge in [0.2, 0.25) is 0 Å². The Morgan fingerprint density at radius 2 is 1.56 bits per heavy atom. The highest BCUT2D eigenvalue weighted by Crippen LogP contribution is 2.12. The third-order valence-electron chi connectivity index (χ3n) is 2.14. The molecule has 0 radical (unpaired) electrons. The van der Waals surface area contributed by atoms with E-state index in [2.05, 4.69) is 0 Å². The van der Waals surface area contributed by atoms with Crippen LogP contribution in [0.1, 0.15) is 33.2 Å². The number of ether oxygens (including phenoxy) is 1. The molecule has 0 fully saturated rings. The van der Waals surface area contributed by atoms with Crippen molar-refractivity contribution < 1.29 is 29.3 Å². The number of esters is 1. The minimum atomic E-state index is -1.25. The molecule has 2 N–H and O–H groups in total. The van der Waals surface area contributed by atoms with Gasteiger partial charge in [0.15, 0.2) is 0 Å². The number of benzene rings is 1. The van der Waals surface area contributed by atoms with Crippen molar-refractivity contribution in [2.45, 2.75) is 13.3 Å². The van der Waals surface area contributed by atoms with Crippen LogP contribution in [0.4, 0.5) is 0 Å². The van der Waals surface area contributed by atoms with Gasteiger partial charge in [-0.15, -0.1) is 0 Å². The predicted octanol–water partition coefficient (Wildman–Crippen LogP) is 1.19. The monoisotopic (exact) mass is 252 g/mol. The molecular weight excluding hydrogens is 240 g/mol. The van der Waals surface area contributed by atoms with Gasteiger partial charge in [0, 0.05) is 0 Å². The molecule has 0 aliphatic rings. The van der Waals surface area contributed by atoms with Gasteiger partial charge in [-0.25, -0.2) is 9.59 Å². The summed E-state index contributed by atoms with van der Waals surface area (Å²) in [5, 5.41) is 17.7. The smallest absolute Gasteiger partial charge is 0.335 e. The third kappa shape index (κ3) is 3.58. The van der Waals surface area contributed by atoms with Crippen molar-refractivity contribution in [3.8, 4) is 0 Å². The average molecular weight is 252 g/mol. The van der Waals surface area contributed by atoms with E-state index in [4.69, 9.17) is 14.9 Å². The third-order valence-corrected chi connectivity index (χ3v) is 2.14. The Bertz CT molecular complexity index is 459. The summed E-state index contributed by atoms with van der Waals surface area (Å²) in [5.41, 5.74) is -0.0471. The highest BCUT2D eigenvalue weighted by atomic mass is 16.5. The van der Waals surface area contributed by atoms with E-state index in [0.29, 0.717) is 5.56 Å². The van der Waals surface area contributed by atoms with Crippen LogP contribution >= 0.6 is 0 Å². The number of rotatable bonds is 5. The van der Waals surface area contributed by atoms with Gasteiger partial charge in [-0.3, -0.25) is 4.79 Å². The van der Waals surface area contributed by atoms with Crippen LogP contribution in [-0.2, 0) is 16.0 Å². The summed E-state index contributed by atoms with van der Waals surface area (Å²) in [4.78, 5) is 32.9. The molecular formula is C12H12O6. The second-order valence-corrected chi connectivity index (χ2v) is 3.51. The first-order valence-corrected chi connectivity index (χ1v) is 5.20. The van der Waals surface area contributed by atoms with Gasteiger partial charge >= 0.3 is 17.9 Å². The number of carboxylic acids is 2. The zero-order chi connectivity index (χ0) is 13.7. The molecule has 18 heavy (non-hydrogen) atoms. The molecule has 0 unspecified atom stereocenters. The van der Waals surface area contributed by atoms with E-state index >= 15 is 0 Å². The van der Waals surface area contributed by atoms with Gasteiger partial charge in [0.1, 0.15) is 0 Å². The van der Waals surface area contributed by atoms with Crippen LogP contribution in [0.15, 0.2) is 18.2 Å². The van der Waals surface area contributed by atoms with Crippen LogP contribution in [0.5, 0.6) is 0 Å². The van der Waals surface area contributed by atoms with E-state index in [0.717, 1.165) is 6.07 Å². The Morgan fingerprint density at radius 1 is 1.06 bits per heavy atom. The summed E-state index contributed by atoms with van der Waals surface area (Å²) >= 11 is 0. The first-order valence-electron chi connectivity index (χ1n) is 5.20. The van der Waals surface area contributed by atoms with Crippen LogP contribution in [-0.4, -0.2) is 34.7 Å². The lowest BCUT2D eigenvalue weighted by Gasteiger charge is -2.05. The van der Waals surface area contributed by atoms with Crippen LogP contribution in [0.25, 0.3) is 0 Å². The maximum Gasteiger partial charge on any atom is 0.335 e. The molecule has 0 bridgehead atoms. The van der Waals surface area contributed by atoms with Gasteiger partial charge < -0.3 is 14.9 Å². The van der Waals surface area contributed by atoms with Crippen molar-refractivity contribution in [1.29, 1.82) is 0 Å². The summed E-state index contributed by atoms with van der Waals surface area (Å²) in [7, 11) is 0. The van der Waals surface area contributed by atoms with Crippen LogP contribution in [0.3, 0.4) is 0 Å². The fraction of sp³-hybridized carbons (Fsp3) is 0.250. The van der Waals surface area contributed by atoms with E-state index in [-0.39, 0.29) is 24.2 Å². The SMILES string of the molecule is CCOC(=O)Cc1cc(C(=O)O)cc(C(=O)O)c1. The molecule has 0 atom stereocenters. The Labute approximate surface area is 103 Å². The number of carbonyl (C=O) groups is 3. The maximum absolute atomic E-state index is 11.3. The second kappa shape index (κ2) is 5.81. The molecule has 6 nitrogen and oxygen atoms in total. The Morgan fingerprint density at radius 3 is 1.94 bits per heavy atom. The lowest BCUT2D eigenvalue weighted by atomic mass is 10.0. The number of hydrogen-bond acceptors (Lipinski definition) is 4. The topological polar surface area (TPSA) is 101 Å². The van der Waals surface area contributed by atoms with Gasteiger partial charge in [-0.05, 0) is 30.7 Å². The van der Waals surface area contributed by atoms with Crippen LogP contribution in [0.2, 0.25) is 0 Å². The van der Waals surface area contributed by atoms with Crippen molar-refractivity contribution in [1.82, 2.24) is 0 Å². The number of hydrogen-bond donors (Lipinski definition) is 2. The summed E-state index contributed by atoms with van der Waals surface area (Å²) in [6.07, 6.45) is -0.157. The summed E-state index contributed by atoms with van der Waals surface area (Å²) in [5.74, 6) is -3.03. The zero-order valence-corrected chi connectivity index (χ0v) is 9.67. The molecule has 0 spiro atoms. The molecule has 0 saturated carbocycles. The van der Waals surface area contributed by atoms with Crippen LogP contribution < -0.4 is 0 Å². The first kappa shape index (κ1) is 13.7. The largest absolute Gasteiger partial charge is 0.478 e.